The highest BCUT2D eigenvalue weighted by atomic mass is 16.3. The summed E-state index contributed by atoms with van der Waals surface area (Å²) in [7, 11) is 0. The largest absolute Gasteiger partial charge is 0.507 e. The van der Waals surface area contributed by atoms with E-state index in [0.29, 0.717) is 25.4 Å². The number of phenols is 1. The lowest BCUT2D eigenvalue weighted by atomic mass is 10.0. The number of hydrogen-bond donors (Lipinski definition) is 3. The summed E-state index contributed by atoms with van der Waals surface area (Å²) < 4.78 is 0. The van der Waals surface area contributed by atoms with Crippen LogP contribution in [0.4, 0.5) is 0 Å². The van der Waals surface area contributed by atoms with Crippen molar-refractivity contribution >= 4 is 11.8 Å². The number of aromatic hydroxyl groups is 1. The van der Waals surface area contributed by atoms with Crippen LogP contribution in [-0.4, -0.2) is 30.0 Å². The minimum absolute atomic E-state index is 0.0112. The smallest absolute Gasteiger partial charge is 0.255 e. The van der Waals surface area contributed by atoms with Crippen molar-refractivity contribution in [3.8, 4) is 5.75 Å². The van der Waals surface area contributed by atoms with Gasteiger partial charge in [-0.3, -0.25) is 9.59 Å². The number of rotatable bonds is 10. The Morgan fingerprint density at radius 3 is 2.46 bits per heavy atom. The first kappa shape index (κ1) is 19.7. The zero-order chi connectivity index (χ0) is 17.8. The number of carbonyl (C=O) groups excluding carboxylic acids is 2. The van der Waals surface area contributed by atoms with Crippen LogP contribution in [0.5, 0.6) is 5.75 Å². The van der Waals surface area contributed by atoms with Crippen LogP contribution >= 0.6 is 0 Å². The van der Waals surface area contributed by atoms with Crippen LogP contribution in [0.25, 0.3) is 0 Å². The van der Waals surface area contributed by atoms with Crippen molar-refractivity contribution in [1.29, 1.82) is 0 Å². The normalized spacial score (nSPS) is 12.1. The quantitative estimate of drug-likeness (QED) is 0.576. The molecule has 1 atom stereocenters. The maximum atomic E-state index is 11.9. The van der Waals surface area contributed by atoms with Gasteiger partial charge in [0, 0.05) is 19.5 Å². The summed E-state index contributed by atoms with van der Waals surface area (Å²) in [6.45, 7) is 5.32. The molecule has 1 aromatic carbocycles. The predicted octanol–water partition coefficient (Wildman–Crippen LogP) is 3.01. The summed E-state index contributed by atoms with van der Waals surface area (Å²) in [5.74, 6) is 0.153. The van der Waals surface area contributed by atoms with Crippen LogP contribution in [0.1, 0.15) is 49.9 Å². The molecule has 132 valence electrons. The van der Waals surface area contributed by atoms with Crippen LogP contribution in [0.2, 0.25) is 0 Å². The lowest BCUT2D eigenvalue weighted by Crippen LogP contribution is -2.27. The van der Waals surface area contributed by atoms with Crippen molar-refractivity contribution in [3.63, 3.8) is 0 Å². The molecule has 2 amide bonds. The lowest BCUT2D eigenvalue weighted by Gasteiger charge is -2.13. The maximum Gasteiger partial charge on any atom is 0.255 e. The van der Waals surface area contributed by atoms with Crippen molar-refractivity contribution in [1.82, 2.24) is 10.6 Å². The highest BCUT2D eigenvalue weighted by Crippen LogP contribution is 2.15. The molecular weight excluding hydrogens is 304 g/mol. The second-order valence-corrected chi connectivity index (χ2v) is 5.89. The van der Waals surface area contributed by atoms with Crippen LogP contribution in [0.15, 0.2) is 36.4 Å². The Hall–Kier alpha value is -2.30. The molecule has 1 unspecified atom stereocenters. The minimum Gasteiger partial charge on any atom is -0.507 e. The molecule has 5 nitrogen and oxygen atoms in total. The topological polar surface area (TPSA) is 78.4 Å². The van der Waals surface area contributed by atoms with Gasteiger partial charge in [-0.25, -0.2) is 0 Å². The van der Waals surface area contributed by atoms with E-state index in [1.165, 1.54) is 6.07 Å². The van der Waals surface area contributed by atoms with Crippen molar-refractivity contribution in [2.45, 2.75) is 39.5 Å². The van der Waals surface area contributed by atoms with Gasteiger partial charge in [-0.1, -0.05) is 38.1 Å². The van der Waals surface area contributed by atoms with Gasteiger partial charge in [-0.2, -0.15) is 0 Å². The van der Waals surface area contributed by atoms with Crippen LogP contribution in [0, 0.1) is 5.92 Å². The van der Waals surface area contributed by atoms with E-state index in [4.69, 9.17) is 0 Å². The number of amides is 2. The van der Waals surface area contributed by atoms with Crippen molar-refractivity contribution in [2.24, 2.45) is 5.92 Å². The first-order valence-electron chi connectivity index (χ1n) is 8.52. The zero-order valence-electron chi connectivity index (χ0n) is 14.5. The first-order chi connectivity index (χ1) is 11.5. The fourth-order valence-corrected chi connectivity index (χ4v) is 2.22. The van der Waals surface area contributed by atoms with Crippen molar-refractivity contribution < 1.29 is 14.7 Å². The summed E-state index contributed by atoms with van der Waals surface area (Å²) in [5, 5.41) is 15.3. The molecule has 1 rings (SSSR count). The number of benzene rings is 1. The Morgan fingerprint density at radius 1 is 1.12 bits per heavy atom. The summed E-state index contributed by atoms with van der Waals surface area (Å²) in [4.78, 5) is 23.5. The van der Waals surface area contributed by atoms with Crippen molar-refractivity contribution in [2.75, 3.05) is 13.1 Å². The van der Waals surface area contributed by atoms with Gasteiger partial charge in [0.2, 0.25) is 5.91 Å². The van der Waals surface area contributed by atoms with Gasteiger partial charge in [0.1, 0.15) is 5.75 Å². The number of allylic oxidation sites excluding steroid dienone is 1. The van der Waals surface area contributed by atoms with E-state index in [9.17, 15) is 14.7 Å². The molecule has 3 N–H and O–H groups in total. The zero-order valence-corrected chi connectivity index (χ0v) is 14.5. The molecule has 0 saturated carbocycles. The third kappa shape index (κ3) is 7.81. The van der Waals surface area contributed by atoms with Gasteiger partial charge in [-0.05, 0) is 37.3 Å². The molecule has 0 aliphatic rings. The molecule has 0 fully saturated rings. The Balaban J connectivity index is 2.17. The van der Waals surface area contributed by atoms with E-state index in [2.05, 4.69) is 17.6 Å². The van der Waals surface area contributed by atoms with E-state index in [1.807, 2.05) is 19.1 Å². The number of nitrogens with one attached hydrogen (secondary N) is 2. The summed E-state index contributed by atoms with van der Waals surface area (Å²) in [5.41, 5.74) is 0.289. The Labute approximate surface area is 144 Å². The molecule has 1 aromatic rings. The summed E-state index contributed by atoms with van der Waals surface area (Å²) in [6.07, 6.45) is 6.93. The second-order valence-electron chi connectivity index (χ2n) is 5.89. The number of phenolic OH excluding ortho intramolecular Hbond substituents is 1. The van der Waals surface area contributed by atoms with Gasteiger partial charge < -0.3 is 15.7 Å². The average Bonchev–Trinajstić information content (AvgIpc) is 2.55. The molecule has 0 aliphatic carbocycles. The molecule has 0 aliphatic heterocycles. The Morgan fingerprint density at radius 2 is 1.79 bits per heavy atom. The molecule has 0 saturated heterocycles. The standard InChI is InChI=1S/C19H28N2O3/c1-3-4-5-10-18(23)20-13-11-15(2)12-14-21-19(24)16-8-6-7-9-17(16)22/h4-9,15,22H,3,10-14H2,1-2H3,(H,20,23)(H,21,24)/b5-4-. The Kier molecular flexibility index (Phi) is 9.27. The van der Waals surface area contributed by atoms with E-state index in [-0.39, 0.29) is 23.1 Å². The van der Waals surface area contributed by atoms with Gasteiger partial charge in [0.05, 0.1) is 5.56 Å². The van der Waals surface area contributed by atoms with E-state index in [0.717, 1.165) is 19.3 Å². The van der Waals surface area contributed by atoms with Crippen LogP contribution in [-0.2, 0) is 4.79 Å². The third-order valence-corrected chi connectivity index (χ3v) is 3.74. The molecule has 0 heterocycles. The number of carbonyl (C=O) groups is 2. The second kappa shape index (κ2) is 11.3. The fraction of sp³-hybridized carbons (Fsp3) is 0.474. The van der Waals surface area contributed by atoms with Gasteiger partial charge in [-0.15, -0.1) is 0 Å². The maximum absolute atomic E-state index is 11.9. The monoisotopic (exact) mass is 332 g/mol. The molecule has 0 radical (unpaired) electrons. The van der Waals surface area contributed by atoms with Crippen molar-refractivity contribution in [3.05, 3.63) is 42.0 Å². The third-order valence-electron chi connectivity index (χ3n) is 3.74. The molecule has 5 heteroatoms. The van der Waals surface area contributed by atoms with E-state index in [1.54, 1.807) is 18.2 Å². The van der Waals surface area contributed by atoms with Gasteiger partial charge >= 0.3 is 0 Å². The summed E-state index contributed by atoms with van der Waals surface area (Å²) in [6, 6.07) is 6.49. The molecule has 24 heavy (non-hydrogen) atoms. The number of para-hydroxylation sites is 1. The molecule has 0 spiro atoms. The lowest BCUT2D eigenvalue weighted by molar-refractivity contribution is -0.120. The van der Waals surface area contributed by atoms with Gasteiger partial charge in [0.25, 0.3) is 5.91 Å². The van der Waals surface area contributed by atoms with Crippen LogP contribution in [0.3, 0.4) is 0 Å². The highest BCUT2D eigenvalue weighted by Gasteiger charge is 2.10. The summed E-state index contributed by atoms with van der Waals surface area (Å²) >= 11 is 0. The molecule has 0 bridgehead atoms. The van der Waals surface area contributed by atoms with E-state index < -0.39 is 0 Å². The minimum atomic E-state index is -0.267. The molecule has 0 aromatic heterocycles. The first-order valence-corrected chi connectivity index (χ1v) is 8.52. The van der Waals surface area contributed by atoms with E-state index >= 15 is 0 Å². The average molecular weight is 332 g/mol. The Bertz CT molecular complexity index is 555. The highest BCUT2D eigenvalue weighted by molar-refractivity contribution is 5.96. The SMILES string of the molecule is CC/C=C\CC(=O)NCCC(C)CCNC(=O)c1ccccc1O. The number of hydrogen-bond acceptors (Lipinski definition) is 3. The molecular formula is C19H28N2O3. The predicted molar refractivity (Wildman–Crippen MR) is 95.9 cm³/mol. The van der Waals surface area contributed by atoms with Gasteiger partial charge in [0.15, 0.2) is 0 Å². The fourth-order valence-electron chi connectivity index (χ4n) is 2.22. The van der Waals surface area contributed by atoms with Crippen LogP contribution < -0.4 is 10.6 Å².